The fraction of sp³-hybridized carbons (Fsp3) is 0.778. The largest absolute Gasteiger partial charge is 0.491 e. The zero-order valence-electron chi connectivity index (χ0n) is 25.2. The molecule has 4 aliphatic rings. The minimum Gasteiger partial charge on any atom is -0.491 e. The standard InChI is InChI=1S/C36H54F2O2/c1-3-5-6-7-25-8-10-26(11-9-25)27-14-18-30(19-15-27)33-22-20-31(24-40-33)28-12-16-29(17-13-28)32-21-23-34(39-4-2)36(38)35(32)37/h3,5,21,23,25-31,33H,4,6-20,22,24H2,1-2H3/b5-3+. The molecule has 1 saturated heterocycles. The van der Waals surface area contributed by atoms with Crippen LogP contribution in [0.1, 0.15) is 128 Å². The number of halogens is 2. The molecule has 0 bridgehead atoms. The molecular weight excluding hydrogens is 502 g/mol. The van der Waals surface area contributed by atoms with Crippen LogP contribution >= 0.6 is 0 Å². The maximum Gasteiger partial charge on any atom is 0.200 e. The van der Waals surface area contributed by atoms with Gasteiger partial charge in [-0.05, 0) is 157 Å². The Morgan fingerprint density at radius 2 is 1.35 bits per heavy atom. The maximum atomic E-state index is 14.8. The molecule has 0 amide bonds. The van der Waals surface area contributed by atoms with Gasteiger partial charge >= 0.3 is 0 Å². The highest BCUT2D eigenvalue weighted by Crippen LogP contribution is 2.46. The van der Waals surface area contributed by atoms with Crippen LogP contribution < -0.4 is 4.74 Å². The molecule has 2 unspecified atom stereocenters. The minimum absolute atomic E-state index is 0.0261. The van der Waals surface area contributed by atoms with Crippen molar-refractivity contribution in [2.24, 2.45) is 35.5 Å². The molecule has 1 aromatic carbocycles. The van der Waals surface area contributed by atoms with Gasteiger partial charge in [0.1, 0.15) is 0 Å². The summed E-state index contributed by atoms with van der Waals surface area (Å²) >= 11 is 0. The van der Waals surface area contributed by atoms with Crippen LogP contribution in [0.4, 0.5) is 8.78 Å². The summed E-state index contributed by atoms with van der Waals surface area (Å²) in [5.41, 5.74) is 0.535. The van der Waals surface area contributed by atoms with E-state index < -0.39 is 11.6 Å². The van der Waals surface area contributed by atoms with E-state index in [9.17, 15) is 8.78 Å². The molecule has 4 heteroatoms. The van der Waals surface area contributed by atoms with Crippen LogP contribution in [-0.2, 0) is 4.74 Å². The summed E-state index contributed by atoms with van der Waals surface area (Å²) in [4.78, 5) is 0. The lowest BCUT2D eigenvalue weighted by Gasteiger charge is -2.43. The highest BCUT2D eigenvalue weighted by molar-refractivity contribution is 5.33. The zero-order chi connectivity index (χ0) is 27.9. The summed E-state index contributed by atoms with van der Waals surface area (Å²) in [6, 6.07) is 3.35. The van der Waals surface area contributed by atoms with Gasteiger partial charge in [-0.25, -0.2) is 4.39 Å². The molecule has 40 heavy (non-hydrogen) atoms. The van der Waals surface area contributed by atoms with Gasteiger partial charge < -0.3 is 9.47 Å². The Kier molecular flexibility index (Phi) is 11.0. The Balaban J connectivity index is 1.01. The summed E-state index contributed by atoms with van der Waals surface area (Å²) in [7, 11) is 0. The van der Waals surface area contributed by atoms with Crippen LogP contribution in [0.2, 0.25) is 0 Å². The molecule has 2 atom stereocenters. The fourth-order valence-corrected chi connectivity index (χ4v) is 9.00. The predicted molar refractivity (Wildman–Crippen MR) is 160 cm³/mol. The molecule has 0 radical (unpaired) electrons. The lowest BCUT2D eigenvalue weighted by Crippen LogP contribution is -2.37. The number of ether oxygens (including phenoxy) is 2. The van der Waals surface area contributed by atoms with Gasteiger partial charge in [-0.1, -0.05) is 31.1 Å². The van der Waals surface area contributed by atoms with E-state index in [1.807, 2.05) is 0 Å². The van der Waals surface area contributed by atoms with Gasteiger partial charge in [0.2, 0.25) is 5.82 Å². The lowest BCUT2D eigenvalue weighted by molar-refractivity contribution is -0.0750. The molecule has 0 aromatic heterocycles. The third-order valence-corrected chi connectivity index (χ3v) is 11.5. The summed E-state index contributed by atoms with van der Waals surface area (Å²) in [5, 5.41) is 0. The number of hydrogen-bond acceptors (Lipinski definition) is 2. The van der Waals surface area contributed by atoms with Gasteiger partial charge in [0.25, 0.3) is 0 Å². The van der Waals surface area contributed by atoms with E-state index in [-0.39, 0.29) is 11.7 Å². The first-order chi connectivity index (χ1) is 19.6. The number of benzene rings is 1. The first-order valence-electron chi connectivity index (χ1n) is 16.9. The molecule has 1 heterocycles. The Morgan fingerprint density at radius 3 is 1.98 bits per heavy atom. The lowest BCUT2D eigenvalue weighted by atomic mass is 9.67. The highest BCUT2D eigenvalue weighted by Gasteiger charge is 2.37. The van der Waals surface area contributed by atoms with Crippen molar-refractivity contribution < 1.29 is 18.3 Å². The second kappa shape index (κ2) is 14.7. The van der Waals surface area contributed by atoms with Crippen LogP contribution in [0.5, 0.6) is 5.75 Å². The molecular formula is C36H54F2O2. The van der Waals surface area contributed by atoms with Gasteiger partial charge in [0.05, 0.1) is 19.3 Å². The fourth-order valence-electron chi connectivity index (χ4n) is 9.00. The quantitative estimate of drug-likeness (QED) is 0.282. The highest BCUT2D eigenvalue weighted by atomic mass is 19.2. The van der Waals surface area contributed by atoms with E-state index in [2.05, 4.69) is 19.1 Å². The Labute approximate surface area is 242 Å². The van der Waals surface area contributed by atoms with Gasteiger partial charge in [-0.3, -0.25) is 0 Å². The summed E-state index contributed by atoms with van der Waals surface area (Å²) < 4.78 is 41.0. The third kappa shape index (κ3) is 7.31. The van der Waals surface area contributed by atoms with E-state index in [1.165, 1.54) is 77.0 Å². The smallest absolute Gasteiger partial charge is 0.200 e. The maximum absolute atomic E-state index is 14.8. The first-order valence-corrected chi connectivity index (χ1v) is 16.9. The Morgan fingerprint density at radius 1 is 0.750 bits per heavy atom. The average molecular weight is 557 g/mol. The number of rotatable bonds is 9. The predicted octanol–water partition coefficient (Wildman–Crippen LogP) is 10.4. The van der Waals surface area contributed by atoms with Crippen LogP contribution in [-0.4, -0.2) is 19.3 Å². The normalized spacial score (nSPS) is 35.6. The van der Waals surface area contributed by atoms with E-state index >= 15 is 0 Å². The molecule has 3 aliphatic carbocycles. The van der Waals surface area contributed by atoms with Crippen molar-refractivity contribution >= 4 is 0 Å². The minimum atomic E-state index is -0.828. The van der Waals surface area contributed by atoms with E-state index in [0.717, 1.165) is 56.0 Å². The molecule has 5 rings (SSSR count). The number of hydrogen-bond donors (Lipinski definition) is 0. The van der Waals surface area contributed by atoms with Gasteiger partial charge in [0, 0.05) is 0 Å². The van der Waals surface area contributed by atoms with Crippen molar-refractivity contribution in [3.63, 3.8) is 0 Å². The van der Waals surface area contributed by atoms with Crippen molar-refractivity contribution in [1.29, 1.82) is 0 Å². The van der Waals surface area contributed by atoms with Gasteiger partial charge in [-0.2, -0.15) is 4.39 Å². The zero-order valence-corrected chi connectivity index (χ0v) is 25.2. The second-order valence-corrected chi connectivity index (χ2v) is 13.6. The van der Waals surface area contributed by atoms with Crippen molar-refractivity contribution in [3.05, 3.63) is 41.5 Å². The molecule has 1 aromatic rings. The van der Waals surface area contributed by atoms with Crippen LogP contribution in [0.3, 0.4) is 0 Å². The monoisotopic (exact) mass is 556 g/mol. The van der Waals surface area contributed by atoms with Crippen molar-refractivity contribution in [3.8, 4) is 5.75 Å². The SMILES string of the molecule is C/C=C/CCC1CCC(C2CCC(C3CCC(C4CCC(c5ccc(OCC)c(F)c5F)CC4)CO3)CC2)CC1. The average Bonchev–Trinajstić information content (AvgIpc) is 3.01. The topological polar surface area (TPSA) is 18.5 Å². The molecule has 224 valence electrons. The van der Waals surface area contributed by atoms with Gasteiger partial charge in [-0.15, -0.1) is 0 Å². The van der Waals surface area contributed by atoms with Gasteiger partial charge in [0.15, 0.2) is 11.6 Å². The molecule has 0 spiro atoms. The van der Waals surface area contributed by atoms with Crippen molar-refractivity contribution in [2.45, 2.75) is 129 Å². The molecule has 1 aliphatic heterocycles. The first kappa shape index (κ1) is 30.1. The molecule has 0 N–H and O–H groups in total. The Hall–Kier alpha value is -1.42. The van der Waals surface area contributed by atoms with E-state index in [4.69, 9.17) is 9.47 Å². The Bertz CT molecular complexity index is 928. The third-order valence-electron chi connectivity index (χ3n) is 11.5. The van der Waals surface area contributed by atoms with Crippen molar-refractivity contribution in [2.75, 3.05) is 13.2 Å². The summed E-state index contributed by atoms with van der Waals surface area (Å²) in [5.74, 6) is 3.59. The van der Waals surface area contributed by atoms with Crippen LogP contribution in [0, 0.1) is 47.1 Å². The van der Waals surface area contributed by atoms with Crippen LogP contribution in [0.25, 0.3) is 0 Å². The second-order valence-electron chi connectivity index (χ2n) is 13.6. The van der Waals surface area contributed by atoms with E-state index in [0.29, 0.717) is 30.1 Å². The molecule has 2 nitrogen and oxygen atoms in total. The van der Waals surface area contributed by atoms with Crippen LogP contribution in [0.15, 0.2) is 24.3 Å². The number of allylic oxidation sites excluding steroid dienone is 2. The molecule has 4 fully saturated rings. The summed E-state index contributed by atoms with van der Waals surface area (Å²) in [6.07, 6.45) is 25.7. The summed E-state index contributed by atoms with van der Waals surface area (Å²) in [6.45, 7) is 5.17. The van der Waals surface area contributed by atoms with E-state index in [1.54, 1.807) is 19.1 Å². The molecule has 3 saturated carbocycles. The van der Waals surface area contributed by atoms with Crippen molar-refractivity contribution in [1.82, 2.24) is 0 Å².